The minimum absolute atomic E-state index is 0.467. The smallest absolute Gasteiger partial charge is 0.147 e. The van der Waals surface area contributed by atoms with Crippen LogP contribution in [-0.2, 0) is 6.54 Å². The standard InChI is InChI=1S/C12H20N4/c13-8-11-9-14-10-12(15-11)16-6-4-2-1-3-5-7-16/h9-10H,1-8,13H2. The molecule has 0 atom stereocenters. The van der Waals surface area contributed by atoms with E-state index < -0.39 is 0 Å². The molecule has 1 aromatic heterocycles. The molecule has 1 aliphatic heterocycles. The van der Waals surface area contributed by atoms with Crippen LogP contribution in [0.2, 0.25) is 0 Å². The molecule has 88 valence electrons. The zero-order chi connectivity index (χ0) is 11.2. The van der Waals surface area contributed by atoms with Gasteiger partial charge in [0.15, 0.2) is 0 Å². The van der Waals surface area contributed by atoms with Crippen molar-refractivity contribution in [3.05, 3.63) is 18.1 Å². The molecule has 16 heavy (non-hydrogen) atoms. The molecule has 0 bridgehead atoms. The molecule has 0 amide bonds. The Morgan fingerprint density at radius 2 is 1.75 bits per heavy atom. The van der Waals surface area contributed by atoms with Gasteiger partial charge in [-0.25, -0.2) is 4.98 Å². The zero-order valence-corrected chi connectivity index (χ0v) is 9.73. The van der Waals surface area contributed by atoms with E-state index in [1.54, 1.807) is 6.20 Å². The van der Waals surface area contributed by atoms with Crippen LogP contribution in [-0.4, -0.2) is 23.1 Å². The minimum atomic E-state index is 0.467. The SMILES string of the molecule is NCc1cncc(N2CCCCCCC2)n1. The molecular weight excluding hydrogens is 200 g/mol. The van der Waals surface area contributed by atoms with Gasteiger partial charge in [0, 0.05) is 25.8 Å². The second-order valence-corrected chi connectivity index (χ2v) is 4.33. The monoisotopic (exact) mass is 220 g/mol. The summed E-state index contributed by atoms with van der Waals surface area (Å²) >= 11 is 0. The van der Waals surface area contributed by atoms with Crippen LogP contribution in [0.1, 0.15) is 37.8 Å². The molecule has 0 radical (unpaired) electrons. The molecule has 0 saturated carbocycles. The maximum absolute atomic E-state index is 5.58. The molecule has 4 heteroatoms. The van der Waals surface area contributed by atoms with Gasteiger partial charge in [-0.15, -0.1) is 0 Å². The van der Waals surface area contributed by atoms with Crippen LogP contribution < -0.4 is 10.6 Å². The van der Waals surface area contributed by atoms with Crippen molar-refractivity contribution in [2.75, 3.05) is 18.0 Å². The highest BCUT2D eigenvalue weighted by Crippen LogP contribution is 2.16. The third-order valence-corrected chi connectivity index (χ3v) is 3.06. The Morgan fingerprint density at radius 1 is 1.06 bits per heavy atom. The predicted molar refractivity (Wildman–Crippen MR) is 65.2 cm³/mol. The van der Waals surface area contributed by atoms with Crippen molar-refractivity contribution < 1.29 is 0 Å². The highest BCUT2D eigenvalue weighted by molar-refractivity contribution is 5.36. The highest BCUT2D eigenvalue weighted by Gasteiger charge is 2.10. The van der Waals surface area contributed by atoms with E-state index >= 15 is 0 Å². The van der Waals surface area contributed by atoms with E-state index in [9.17, 15) is 0 Å². The van der Waals surface area contributed by atoms with Crippen LogP contribution in [0.25, 0.3) is 0 Å². The minimum Gasteiger partial charge on any atom is -0.355 e. The van der Waals surface area contributed by atoms with E-state index in [4.69, 9.17) is 5.73 Å². The van der Waals surface area contributed by atoms with E-state index in [1.807, 2.05) is 6.20 Å². The van der Waals surface area contributed by atoms with E-state index in [-0.39, 0.29) is 0 Å². The number of nitrogens with two attached hydrogens (primary N) is 1. The van der Waals surface area contributed by atoms with Gasteiger partial charge in [0.05, 0.1) is 11.9 Å². The Morgan fingerprint density at radius 3 is 2.44 bits per heavy atom. The summed E-state index contributed by atoms with van der Waals surface area (Å²) in [5.41, 5.74) is 6.46. The maximum atomic E-state index is 5.58. The van der Waals surface area contributed by atoms with E-state index in [1.165, 1.54) is 32.1 Å². The van der Waals surface area contributed by atoms with Crippen LogP contribution in [0.3, 0.4) is 0 Å². The van der Waals surface area contributed by atoms with Crippen molar-refractivity contribution in [1.29, 1.82) is 0 Å². The van der Waals surface area contributed by atoms with Crippen molar-refractivity contribution in [2.45, 2.75) is 38.6 Å². The van der Waals surface area contributed by atoms with Gasteiger partial charge in [0.25, 0.3) is 0 Å². The molecular formula is C12H20N4. The summed E-state index contributed by atoms with van der Waals surface area (Å²) in [5, 5.41) is 0. The van der Waals surface area contributed by atoms with E-state index in [0.717, 1.165) is 24.6 Å². The molecule has 0 unspecified atom stereocenters. The third kappa shape index (κ3) is 2.92. The molecule has 2 rings (SSSR count). The van der Waals surface area contributed by atoms with Crippen LogP contribution in [0.5, 0.6) is 0 Å². The number of hydrogen-bond donors (Lipinski definition) is 1. The number of anilines is 1. The first-order valence-electron chi connectivity index (χ1n) is 6.16. The Labute approximate surface area is 96.9 Å². The molecule has 2 heterocycles. The van der Waals surface area contributed by atoms with E-state index in [0.29, 0.717) is 6.54 Å². The Hall–Kier alpha value is -1.16. The molecule has 4 nitrogen and oxygen atoms in total. The van der Waals surface area contributed by atoms with Crippen LogP contribution in [0, 0.1) is 0 Å². The van der Waals surface area contributed by atoms with Crippen LogP contribution >= 0.6 is 0 Å². The number of hydrogen-bond acceptors (Lipinski definition) is 4. The second-order valence-electron chi connectivity index (χ2n) is 4.33. The largest absolute Gasteiger partial charge is 0.355 e. The van der Waals surface area contributed by atoms with Gasteiger partial charge in [-0.05, 0) is 12.8 Å². The lowest BCUT2D eigenvalue weighted by Gasteiger charge is -2.25. The summed E-state index contributed by atoms with van der Waals surface area (Å²) in [5.74, 6) is 0.991. The molecule has 1 aromatic rings. The fourth-order valence-corrected chi connectivity index (χ4v) is 2.12. The topological polar surface area (TPSA) is 55.0 Å². The zero-order valence-electron chi connectivity index (χ0n) is 9.73. The fraction of sp³-hybridized carbons (Fsp3) is 0.667. The van der Waals surface area contributed by atoms with Crippen LogP contribution in [0.15, 0.2) is 12.4 Å². The summed E-state index contributed by atoms with van der Waals surface area (Å²) in [6, 6.07) is 0. The van der Waals surface area contributed by atoms with Crippen molar-refractivity contribution in [2.24, 2.45) is 5.73 Å². The van der Waals surface area contributed by atoms with E-state index in [2.05, 4.69) is 14.9 Å². The average Bonchev–Trinajstić information content (AvgIpc) is 2.29. The molecule has 2 N–H and O–H groups in total. The average molecular weight is 220 g/mol. The third-order valence-electron chi connectivity index (χ3n) is 3.06. The summed E-state index contributed by atoms with van der Waals surface area (Å²) in [7, 11) is 0. The van der Waals surface area contributed by atoms with Gasteiger partial charge in [-0.1, -0.05) is 19.3 Å². The summed E-state index contributed by atoms with van der Waals surface area (Å²) < 4.78 is 0. The van der Waals surface area contributed by atoms with Gasteiger partial charge in [-0.2, -0.15) is 0 Å². The number of aromatic nitrogens is 2. The maximum Gasteiger partial charge on any atom is 0.147 e. The molecule has 1 aliphatic rings. The predicted octanol–water partition coefficient (Wildman–Crippen LogP) is 1.71. The summed E-state index contributed by atoms with van der Waals surface area (Å²) in [4.78, 5) is 11.1. The molecule has 0 spiro atoms. The van der Waals surface area contributed by atoms with Crippen molar-refractivity contribution in [1.82, 2.24) is 9.97 Å². The highest BCUT2D eigenvalue weighted by atomic mass is 15.2. The molecule has 1 fully saturated rings. The normalized spacial score (nSPS) is 17.9. The first kappa shape index (κ1) is 11.3. The lowest BCUT2D eigenvalue weighted by atomic mass is 10.1. The van der Waals surface area contributed by atoms with Gasteiger partial charge in [0.2, 0.25) is 0 Å². The van der Waals surface area contributed by atoms with Gasteiger partial charge in [-0.3, -0.25) is 4.98 Å². The Bertz CT molecular complexity index is 319. The summed E-state index contributed by atoms with van der Waals surface area (Å²) in [6.45, 7) is 2.67. The first-order valence-corrected chi connectivity index (χ1v) is 6.16. The van der Waals surface area contributed by atoms with Gasteiger partial charge in [0.1, 0.15) is 5.82 Å². The quantitative estimate of drug-likeness (QED) is 0.824. The van der Waals surface area contributed by atoms with Crippen molar-refractivity contribution >= 4 is 5.82 Å². The number of rotatable bonds is 2. The Kier molecular flexibility index (Phi) is 4.10. The van der Waals surface area contributed by atoms with Gasteiger partial charge >= 0.3 is 0 Å². The van der Waals surface area contributed by atoms with Gasteiger partial charge < -0.3 is 10.6 Å². The number of nitrogens with zero attached hydrogens (tertiary/aromatic N) is 3. The molecule has 0 aromatic carbocycles. The fourth-order valence-electron chi connectivity index (χ4n) is 2.12. The first-order chi connectivity index (χ1) is 7.90. The van der Waals surface area contributed by atoms with Crippen LogP contribution in [0.4, 0.5) is 5.82 Å². The Balaban J connectivity index is 2.07. The van der Waals surface area contributed by atoms with Crippen molar-refractivity contribution in [3.63, 3.8) is 0 Å². The molecule has 1 saturated heterocycles. The lowest BCUT2D eigenvalue weighted by Crippen LogP contribution is -2.28. The lowest BCUT2D eigenvalue weighted by molar-refractivity contribution is 0.553. The second kappa shape index (κ2) is 5.80. The molecule has 0 aliphatic carbocycles. The summed E-state index contributed by atoms with van der Waals surface area (Å²) in [6.07, 6.45) is 10.2. The van der Waals surface area contributed by atoms with Crippen molar-refractivity contribution in [3.8, 4) is 0 Å².